The summed E-state index contributed by atoms with van der Waals surface area (Å²) in [5, 5.41) is 9.52. The molecular weight excluding hydrogens is 462 g/mol. The second-order valence-electron chi connectivity index (χ2n) is 7.02. The minimum Gasteiger partial charge on any atom is -0.490 e. The normalized spacial score (nSPS) is 16.6. The predicted octanol–water partition coefficient (Wildman–Crippen LogP) is 4.67. The maximum atomic E-state index is 12.4. The second kappa shape index (κ2) is 8.77. The number of hydroxylamine groups is 2. The van der Waals surface area contributed by atoms with E-state index in [0.29, 0.717) is 30.6 Å². The summed E-state index contributed by atoms with van der Waals surface area (Å²) in [5.74, 6) is 1.83. The third kappa shape index (κ3) is 4.69. The highest BCUT2D eigenvalue weighted by molar-refractivity contribution is 9.10. The Kier molecular flexibility index (Phi) is 5.90. The van der Waals surface area contributed by atoms with E-state index in [9.17, 15) is 4.79 Å². The largest absolute Gasteiger partial charge is 0.490 e. The van der Waals surface area contributed by atoms with Gasteiger partial charge in [0.2, 0.25) is 0 Å². The second-order valence-corrected chi connectivity index (χ2v) is 7.88. The minimum atomic E-state index is -0.476. The van der Waals surface area contributed by atoms with Crippen LogP contribution in [0.1, 0.15) is 18.1 Å². The zero-order valence-electron chi connectivity index (χ0n) is 17.0. The van der Waals surface area contributed by atoms with Crippen LogP contribution < -0.4 is 9.47 Å². The molecule has 0 atom stereocenters. The van der Waals surface area contributed by atoms with Crippen LogP contribution in [-0.4, -0.2) is 35.9 Å². The Morgan fingerprint density at radius 2 is 1.87 bits per heavy atom. The van der Waals surface area contributed by atoms with Gasteiger partial charge in [-0.15, -0.1) is 5.06 Å². The maximum absolute atomic E-state index is 12.4. The number of aliphatic imine (C=N–C) groups is 1. The fourth-order valence-electron chi connectivity index (χ4n) is 3.04. The van der Waals surface area contributed by atoms with Crippen LogP contribution in [0, 0.1) is 12.3 Å². The Bertz CT molecular complexity index is 1140. The van der Waals surface area contributed by atoms with Crippen molar-refractivity contribution in [3.63, 3.8) is 0 Å². The third-order valence-corrected chi connectivity index (χ3v) is 5.20. The number of carbonyl (C=O) groups is 1. The molecule has 31 heavy (non-hydrogen) atoms. The standard InChI is InChI=1S/C23H20BrN3O4/c1-14-3-6-17(7-4-14)29-9-10-30-20-8-5-16(13-19(20)24)12-18-22(25)27-21(26-23(18)28)11-15(2)31-27/h3-8,11-13,25H,9-10H2,1-2H3/b18-12-,25-22?. The van der Waals surface area contributed by atoms with Crippen molar-refractivity contribution in [1.82, 2.24) is 5.06 Å². The fourth-order valence-corrected chi connectivity index (χ4v) is 3.55. The first-order chi connectivity index (χ1) is 14.9. The Morgan fingerprint density at radius 3 is 2.61 bits per heavy atom. The summed E-state index contributed by atoms with van der Waals surface area (Å²) in [6.07, 6.45) is 3.23. The molecule has 0 aromatic heterocycles. The lowest BCUT2D eigenvalue weighted by atomic mass is 10.1. The van der Waals surface area contributed by atoms with Gasteiger partial charge in [0.25, 0.3) is 5.91 Å². The van der Waals surface area contributed by atoms with Crippen molar-refractivity contribution in [3.8, 4) is 11.5 Å². The summed E-state index contributed by atoms with van der Waals surface area (Å²) in [6.45, 7) is 4.56. The minimum absolute atomic E-state index is 0.0483. The number of allylic oxidation sites excluding steroid dienone is 1. The number of amidine groups is 2. The molecule has 2 aromatic rings. The van der Waals surface area contributed by atoms with E-state index < -0.39 is 5.91 Å². The molecule has 0 saturated heterocycles. The summed E-state index contributed by atoms with van der Waals surface area (Å²) in [6, 6.07) is 13.3. The van der Waals surface area contributed by atoms with Crippen LogP contribution in [0.15, 0.2) is 69.3 Å². The van der Waals surface area contributed by atoms with E-state index in [0.717, 1.165) is 15.8 Å². The third-order valence-electron chi connectivity index (χ3n) is 4.58. The van der Waals surface area contributed by atoms with Crippen molar-refractivity contribution >= 4 is 39.6 Å². The van der Waals surface area contributed by atoms with Crippen molar-refractivity contribution in [1.29, 1.82) is 5.41 Å². The first kappa shape index (κ1) is 20.9. The molecule has 2 aliphatic heterocycles. The van der Waals surface area contributed by atoms with E-state index in [1.54, 1.807) is 25.1 Å². The number of benzene rings is 2. The van der Waals surface area contributed by atoms with Gasteiger partial charge >= 0.3 is 0 Å². The predicted molar refractivity (Wildman–Crippen MR) is 121 cm³/mol. The van der Waals surface area contributed by atoms with Gasteiger partial charge in [0.05, 0.1) is 10.0 Å². The van der Waals surface area contributed by atoms with E-state index in [1.165, 1.54) is 10.6 Å². The summed E-state index contributed by atoms with van der Waals surface area (Å²) in [5.41, 5.74) is 2.06. The lowest BCUT2D eigenvalue weighted by Crippen LogP contribution is -2.38. The number of nitrogens with zero attached hydrogens (tertiary/aromatic N) is 2. The van der Waals surface area contributed by atoms with Crippen LogP contribution in [-0.2, 0) is 9.63 Å². The van der Waals surface area contributed by atoms with Gasteiger partial charge in [-0.1, -0.05) is 23.8 Å². The van der Waals surface area contributed by atoms with Gasteiger partial charge in [0, 0.05) is 6.08 Å². The number of carbonyl (C=O) groups excluding carboxylic acids is 1. The van der Waals surface area contributed by atoms with Crippen LogP contribution in [0.4, 0.5) is 0 Å². The van der Waals surface area contributed by atoms with Crippen LogP contribution in [0.5, 0.6) is 11.5 Å². The number of fused-ring (bicyclic) bond motifs is 1. The molecule has 0 saturated carbocycles. The van der Waals surface area contributed by atoms with Crippen LogP contribution in [0.2, 0.25) is 0 Å². The lowest BCUT2D eigenvalue weighted by molar-refractivity contribution is -0.114. The Morgan fingerprint density at radius 1 is 1.13 bits per heavy atom. The summed E-state index contributed by atoms with van der Waals surface area (Å²) in [4.78, 5) is 21.8. The number of aryl methyl sites for hydroxylation is 1. The van der Waals surface area contributed by atoms with Gasteiger partial charge in [-0.2, -0.15) is 4.99 Å². The molecule has 2 aromatic carbocycles. The van der Waals surface area contributed by atoms with Gasteiger partial charge < -0.3 is 14.3 Å². The van der Waals surface area contributed by atoms with Crippen molar-refractivity contribution in [3.05, 3.63) is 75.5 Å². The molecule has 2 aliphatic rings. The molecule has 0 radical (unpaired) electrons. The van der Waals surface area contributed by atoms with Crippen molar-refractivity contribution in [2.75, 3.05) is 13.2 Å². The quantitative estimate of drug-likeness (QED) is 0.478. The number of hydrogen-bond acceptors (Lipinski definition) is 5. The van der Waals surface area contributed by atoms with Crippen LogP contribution in [0.25, 0.3) is 6.08 Å². The smallest absolute Gasteiger partial charge is 0.282 e. The van der Waals surface area contributed by atoms with Crippen molar-refractivity contribution < 1.29 is 19.1 Å². The number of amides is 1. The summed E-state index contributed by atoms with van der Waals surface area (Å²) >= 11 is 3.50. The molecule has 0 spiro atoms. The van der Waals surface area contributed by atoms with Gasteiger partial charge in [0.15, 0.2) is 11.7 Å². The van der Waals surface area contributed by atoms with Gasteiger partial charge in [-0.05, 0) is 65.7 Å². The number of nitrogens with one attached hydrogen (secondary N) is 1. The molecule has 0 bridgehead atoms. The Balaban J connectivity index is 1.39. The highest BCUT2D eigenvalue weighted by Crippen LogP contribution is 2.29. The number of hydrogen-bond donors (Lipinski definition) is 1. The highest BCUT2D eigenvalue weighted by Gasteiger charge is 2.34. The van der Waals surface area contributed by atoms with Gasteiger partial charge in [0.1, 0.15) is 30.5 Å². The SMILES string of the molecule is CC1=CC2=NC(=O)/C(=C\c3ccc(OCCOc4ccc(C)cc4)c(Br)c3)C(=N)N2O1. The molecule has 2 heterocycles. The monoisotopic (exact) mass is 481 g/mol. The van der Waals surface area contributed by atoms with Gasteiger partial charge in [-0.25, -0.2) is 0 Å². The van der Waals surface area contributed by atoms with E-state index in [-0.39, 0.29) is 11.4 Å². The maximum Gasteiger partial charge on any atom is 0.282 e. The number of ether oxygens (including phenoxy) is 2. The number of halogens is 1. The van der Waals surface area contributed by atoms with Crippen LogP contribution >= 0.6 is 15.9 Å². The first-order valence-electron chi connectivity index (χ1n) is 9.62. The Labute approximate surface area is 188 Å². The molecule has 0 aliphatic carbocycles. The van der Waals surface area contributed by atoms with Crippen molar-refractivity contribution in [2.24, 2.45) is 4.99 Å². The van der Waals surface area contributed by atoms with Crippen LogP contribution in [0.3, 0.4) is 0 Å². The zero-order valence-corrected chi connectivity index (χ0v) is 18.6. The van der Waals surface area contributed by atoms with E-state index in [1.807, 2.05) is 43.3 Å². The lowest BCUT2D eigenvalue weighted by Gasteiger charge is -2.23. The molecule has 1 amide bonds. The Hall–Kier alpha value is -3.39. The molecule has 1 N–H and O–H groups in total. The van der Waals surface area contributed by atoms with Gasteiger partial charge in [-0.3, -0.25) is 10.2 Å². The summed E-state index contributed by atoms with van der Waals surface area (Å²) in [7, 11) is 0. The summed E-state index contributed by atoms with van der Waals surface area (Å²) < 4.78 is 12.2. The average molecular weight is 482 g/mol. The highest BCUT2D eigenvalue weighted by atomic mass is 79.9. The molecule has 0 unspecified atom stereocenters. The first-order valence-corrected chi connectivity index (χ1v) is 10.4. The molecular formula is C23H20BrN3O4. The van der Waals surface area contributed by atoms with E-state index >= 15 is 0 Å². The molecule has 0 fully saturated rings. The fraction of sp³-hybridized carbons (Fsp3) is 0.174. The molecule has 4 rings (SSSR count). The zero-order chi connectivity index (χ0) is 22.0. The van der Waals surface area contributed by atoms with E-state index in [4.69, 9.17) is 19.7 Å². The topological polar surface area (TPSA) is 84.2 Å². The molecule has 7 nitrogen and oxygen atoms in total. The average Bonchev–Trinajstić information content (AvgIpc) is 3.11. The molecule has 8 heteroatoms. The molecule has 158 valence electrons. The van der Waals surface area contributed by atoms with Crippen molar-refractivity contribution in [2.45, 2.75) is 13.8 Å². The number of rotatable bonds is 6. The van der Waals surface area contributed by atoms with E-state index in [2.05, 4.69) is 20.9 Å².